The van der Waals surface area contributed by atoms with Crippen molar-refractivity contribution in [3.8, 4) is 0 Å². The van der Waals surface area contributed by atoms with E-state index in [1.807, 2.05) is 4.90 Å². The fraction of sp³-hybridized carbons (Fsp3) is 0.300. The molecule has 16 heavy (non-hydrogen) atoms. The largest absolute Gasteiger partial charge is 0.361 e. The number of nitrogens with zero attached hydrogens (tertiary/aromatic N) is 2. The molecular weight excluding hydrogens is 228 g/mol. The molecule has 2 rings (SSSR count). The maximum Gasteiger partial charge on any atom is 0.281 e. The maximum atomic E-state index is 11.0. The monoisotopic (exact) mass is 238 g/mol. The molecule has 6 heteroatoms. The zero-order chi connectivity index (χ0) is 11.5. The SMILES string of the molecule is O=Cc1c(N2CCSC2)cccc1[N+](=O)[O-]. The highest BCUT2D eigenvalue weighted by Crippen LogP contribution is 2.30. The number of thioether (sulfide) groups is 1. The lowest BCUT2D eigenvalue weighted by Crippen LogP contribution is -2.19. The van der Waals surface area contributed by atoms with Crippen LogP contribution in [0, 0.1) is 10.1 Å². The molecule has 0 aliphatic carbocycles. The van der Waals surface area contributed by atoms with Crippen molar-refractivity contribution in [2.75, 3.05) is 23.1 Å². The number of carbonyl (C=O) groups excluding carboxylic acids is 1. The van der Waals surface area contributed by atoms with Gasteiger partial charge in [0.25, 0.3) is 5.69 Å². The van der Waals surface area contributed by atoms with Crippen LogP contribution < -0.4 is 4.90 Å². The van der Waals surface area contributed by atoms with Crippen molar-refractivity contribution in [1.82, 2.24) is 0 Å². The lowest BCUT2D eigenvalue weighted by molar-refractivity contribution is -0.385. The van der Waals surface area contributed by atoms with E-state index in [-0.39, 0.29) is 11.3 Å². The van der Waals surface area contributed by atoms with Gasteiger partial charge in [-0.1, -0.05) is 6.07 Å². The number of nitro groups is 1. The summed E-state index contributed by atoms with van der Waals surface area (Å²) in [7, 11) is 0. The van der Waals surface area contributed by atoms with Crippen LogP contribution in [0.5, 0.6) is 0 Å². The van der Waals surface area contributed by atoms with Crippen molar-refractivity contribution < 1.29 is 9.72 Å². The van der Waals surface area contributed by atoms with Gasteiger partial charge in [-0.2, -0.15) is 0 Å². The van der Waals surface area contributed by atoms with Gasteiger partial charge in [0.05, 0.1) is 16.5 Å². The third-order valence-electron chi connectivity index (χ3n) is 2.47. The summed E-state index contributed by atoms with van der Waals surface area (Å²) in [5.41, 5.74) is 0.716. The van der Waals surface area contributed by atoms with E-state index in [9.17, 15) is 14.9 Å². The standard InChI is InChI=1S/C10H10N2O3S/c13-6-8-9(11-4-5-16-7-11)2-1-3-10(8)12(14)15/h1-3,6H,4-5,7H2. The van der Waals surface area contributed by atoms with Crippen LogP contribution in [0.1, 0.15) is 10.4 Å². The molecular formula is C10H10N2O3S. The van der Waals surface area contributed by atoms with Crippen LogP contribution in [0.15, 0.2) is 18.2 Å². The Kier molecular flexibility index (Phi) is 3.09. The summed E-state index contributed by atoms with van der Waals surface area (Å²) < 4.78 is 0. The smallest absolute Gasteiger partial charge is 0.281 e. The van der Waals surface area contributed by atoms with E-state index in [1.54, 1.807) is 23.9 Å². The molecule has 5 nitrogen and oxygen atoms in total. The van der Waals surface area contributed by atoms with Gasteiger partial charge in [0.15, 0.2) is 6.29 Å². The van der Waals surface area contributed by atoms with Gasteiger partial charge < -0.3 is 4.90 Å². The van der Waals surface area contributed by atoms with Crippen LogP contribution in [0.2, 0.25) is 0 Å². The Bertz CT molecular complexity index is 430. The first-order valence-corrected chi connectivity index (χ1v) is 5.95. The Morgan fingerprint density at radius 1 is 1.50 bits per heavy atom. The minimum Gasteiger partial charge on any atom is -0.361 e. The van der Waals surface area contributed by atoms with Crippen LogP contribution >= 0.6 is 11.8 Å². The number of aldehydes is 1. The number of benzene rings is 1. The highest BCUT2D eigenvalue weighted by atomic mass is 32.2. The fourth-order valence-corrected chi connectivity index (χ4v) is 2.67. The van der Waals surface area contributed by atoms with Crippen LogP contribution in [-0.4, -0.2) is 29.4 Å². The molecule has 0 atom stereocenters. The number of carbonyl (C=O) groups is 1. The summed E-state index contributed by atoms with van der Waals surface area (Å²) in [6, 6.07) is 4.72. The van der Waals surface area contributed by atoms with Gasteiger partial charge in [0.2, 0.25) is 0 Å². The molecule has 1 aliphatic rings. The van der Waals surface area contributed by atoms with Gasteiger partial charge in [-0.05, 0) is 6.07 Å². The normalized spacial score (nSPS) is 15.1. The van der Waals surface area contributed by atoms with E-state index in [4.69, 9.17) is 0 Å². The Balaban J connectivity index is 2.47. The second-order valence-electron chi connectivity index (χ2n) is 3.39. The Labute approximate surface area is 96.6 Å². The fourth-order valence-electron chi connectivity index (χ4n) is 1.70. The minimum atomic E-state index is -0.517. The lowest BCUT2D eigenvalue weighted by atomic mass is 10.1. The summed E-state index contributed by atoms with van der Waals surface area (Å²) in [6.45, 7) is 0.826. The molecule has 0 aromatic heterocycles. The topological polar surface area (TPSA) is 63.5 Å². The van der Waals surface area contributed by atoms with Crippen molar-refractivity contribution in [1.29, 1.82) is 0 Å². The summed E-state index contributed by atoms with van der Waals surface area (Å²) in [4.78, 5) is 23.2. The van der Waals surface area contributed by atoms with Crippen molar-refractivity contribution in [3.05, 3.63) is 33.9 Å². The molecule has 1 heterocycles. The maximum absolute atomic E-state index is 11.0. The molecule has 84 valence electrons. The van der Waals surface area contributed by atoms with Gasteiger partial charge in [-0.25, -0.2) is 0 Å². The average molecular weight is 238 g/mol. The number of hydrogen-bond donors (Lipinski definition) is 0. The molecule has 0 unspecified atom stereocenters. The number of anilines is 1. The van der Waals surface area contributed by atoms with E-state index < -0.39 is 4.92 Å². The summed E-state index contributed by atoms with van der Waals surface area (Å²) in [6.07, 6.45) is 0.566. The van der Waals surface area contributed by atoms with Gasteiger partial charge in [-0.3, -0.25) is 14.9 Å². The number of rotatable bonds is 3. The quantitative estimate of drug-likeness (QED) is 0.457. The lowest BCUT2D eigenvalue weighted by Gasteiger charge is -2.18. The number of nitro benzene ring substituents is 1. The van der Waals surface area contributed by atoms with Crippen molar-refractivity contribution >= 4 is 29.4 Å². The Morgan fingerprint density at radius 2 is 2.31 bits per heavy atom. The first-order chi connectivity index (χ1) is 7.74. The Hall–Kier alpha value is -1.56. The summed E-state index contributed by atoms with van der Waals surface area (Å²) in [5.74, 6) is 1.77. The second-order valence-corrected chi connectivity index (χ2v) is 4.46. The van der Waals surface area contributed by atoms with Crippen molar-refractivity contribution in [2.45, 2.75) is 0 Å². The van der Waals surface area contributed by atoms with E-state index in [2.05, 4.69) is 0 Å². The zero-order valence-corrected chi connectivity index (χ0v) is 9.27. The second kappa shape index (κ2) is 4.52. The third kappa shape index (κ3) is 1.88. The predicted molar refractivity (Wildman–Crippen MR) is 63.2 cm³/mol. The van der Waals surface area contributed by atoms with Gasteiger partial charge in [0.1, 0.15) is 5.56 Å². The summed E-state index contributed by atoms with van der Waals surface area (Å²) in [5, 5.41) is 10.8. The van der Waals surface area contributed by atoms with E-state index in [1.165, 1.54) is 6.07 Å². The van der Waals surface area contributed by atoms with Crippen molar-refractivity contribution in [2.24, 2.45) is 0 Å². The predicted octanol–water partition coefficient (Wildman–Crippen LogP) is 1.92. The molecule has 0 bridgehead atoms. The van der Waals surface area contributed by atoms with E-state index in [0.29, 0.717) is 12.0 Å². The summed E-state index contributed by atoms with van der Waals surface area (Å²) >= 11 is 1.75. The van der Waals surface area contributed by atoms with Crippen LogP contribution in [-0.2, 0) is 0 Å². The van der Waals surface area contributed by atoms with Crippen molar-refractivity contribution in [3.63, 3.8) is 0 Å². The molecule has 1 aromatic carbocycles. The van der Waals surface area contributed by atoms with Gasteiger partial charge in [-0.15, -0.1) is 11.8 Å². The highest BCUT2D eigenvalue weighted by molar-refractivity contribution is 7.99. The zero-order valence-electron chi connectivity index (χ0n) is 8.46. The first-order valence-electron chi connectivity index (χ1n) is 4.79. The molecule has 0 amide bonds. The van der Waals surface area contributed by atoms with Crippen LogP contribution in [0.25, 0.3) is 0 Å². The first kappa shape index (κ1) is 10.9. The molecule has 0 spiro atoms. The van der Waals surface area contributed by atoms with Crippen LogP contribution in [0.3, 0.4) is 0 Å². The molecule has 0 saturated carbocycles. The van der Waals surface area contributed by atoms with Crippen LogP contribution in [0.4, 0.5) is 11.4 Å². The molecule has 0 N–H and O–H groups in total. The van der Waals surface area contributed by atoms with Gasteiger partial charge >= 0.3 is 0 Å². The van der Waals surface area contributed by atoms with Gasteiger partial charge in [0, 0.05) is 18.4 Å². The minimum absolute atomic E-state index is 0.121. The highest BCUT2D eigenvalue weighted by Gasteiger charge is 2.22. The molecule has 0 radical (unpaired) electrons. The third-order valence-corrected chi connectivity index (χ3v) is 3.43. The molecule has 1 fully saturated rings. The van der Waals surface area contributed by atoms with E-state index in [0.717, 1.165) is 18.2 Å². The Morgan fingerprint density at radius 3 is 2.88 bits per heavy atom. The molecule has 1 aliphatic heterocycles. The number of hydrogen-bond acceptors (Lipinski definition) is 5. The average Bonchev–Trinajstić information content (AvgIpc) is 2.81. The van der Waals surface area contributed by atoms with E-state index >= 15 is 0 Å². The molecule has 1 saturated heterocycles. The molecule has 1 aromatic rings.